The second-order valence-corrected chi connectivity index (χ2v) is 5.78. The van der Waals surface area contributed by atoms with Crippen LogP contribution in [0.5, 0.6) is 5.75 Å². The number of methoxy groups -OCH3 is 1. The van der Waals surface area contributed by atoms with Gasteiger partial charge in [0.15, 0.2) is 0 Å². The average molecular weight is 311 g/mol. The zero-order valence-electron chi connectivity index (χ0n) is 13.5. The van der Waals surface area contributed by atoms with Crippen LogP contribution in [0.4, 0.5) is 11.4 Å². The summed E-state index contributed by atoms with van der Waals surface area (Å²) in [7, 11) is 1.59. The molecule has 1 fully saturated rings. The van der Waals surface area contributed by atoms with Gasteiger partial charge in [0.2, 0.25) is 0 Å². The fraction of sp³-hybridized carbons (Fsp3) is 0.333. The van der Waals surface area contributed by atoms with Crippen LogP contribution in [0.25, 0.3) is 0 Å². The summed E-state index contributed by atoms with van der Waals surface area (Å²) in [6, 6.07) is 7.60. The molecule has 1 aromatic carbocycles. The Morgan fingerprint density at radius 1 is 1.22 bits per heavy atom. The Balaban J connectivity index is 1.81. The van der Waals surface area contributed by atoms with Crippen LogP contribution in [0.1, 0.15) is 28.8 Å². The van der Waals surface area contributed by atoms with E-state index in [1.54, 1.807) is 13.3 Å². The molecule has 0 atom stereocenters. The van der Waals surface area contributed by atoms with Crippen LogP contribution in [0.3, 0.4) is 0 Å². The molecule has 0 aliphatic carbocycles. The lowest BCUT2D eigenvalue weighted by atomic mass is 10.2. The molecule has 5 heteroatoms. The van der Waals surface area contributed by atoms with Gasteiger partial charge in [-0.05, 0) is 43.5 Å². The minimum atomic E-state index is -0.178. The smallest absolute Gasteiger partial charge is 0.257 e. The third-order valence-corrected chi connectivity index (χ3v) is 4.06. The molecule has 3 rings (SSSR count). The summed E-state index contributed by atoms with van der Waals surface area (Å²) in [5.74, 6) is 0.468. The van der Waals surface area contributed by atoms with Crippen molar-refractivity contribution in [1.82, 2.24) is 4.98 Å². The van der Waals surface area contributed by atoms with Crippen LogP contribution in [0, 0.1) is 6.92 Å². The lowest BCUT2D eigenvalue weighted by Crippen LogP contribution is -2.19. The number of nitrogens with one attached hydrogen (secondary N) is 1. The maximum atomic E-state index is 12.5. The lowest BCUT2D eigenvalue weighted by molar-refractivity contribution is 0.102. The third-order valence-electron chi connectivity index (χ3n) is 4.06. The number of hydrogen-bond acceptors (Lipinski definition) is 4. The van der Waals surface area contributed by atoms with Crippen molar-refractivity contribution in [3.8, 4) is 5.75 Å². The molecule has 1 saturated heterocycles. The Hall–Kier alpha value is -2.56. The molecule has 1 aliphatic heterocycles. The van der Waals surface area contributed by atoms with E-state index in [-0.39, 0.29) is 5.91 Å². The van der Waals surface area contributed by atoms with E-state index in [4.69, 9.17) is 4.74 Å². The highest BCUT2D eigenvalue weighted by atomic mass is 16.5. The van der Waals surface area contributed by atoms with Gasteiger partial charge >= 0.3 is 0 Å². The summed E-state index contributed by atoms with van der Waals surface area (Å²) in [4.78, 5) is 19.0. The van der Waals surface area contributed by atoms with Gasteiger partial charge in [-0.3, -0.25) is 9.78 Å². The van der Waals surface area contributed by atoms with Gasteiger partial charge in [-0.25, -0.2) is 0 Å². The van der Waals surface area contributed by atoms with E-state index in [0.717, 1.165) is 24.3 Å². The summed E-state index contributed by atoms with van der Waals surface area (Å²) < 4.78 is 5.30. The van der Waals surface area contributed by atoms with Gasteiger partial charge in [-0.15, -0.1) is 0 Å². The fourth-order valence-corrected chi connectivity index (χ4v) is 2.81. The van der Waals surface area contributed by atoms with Gasteiger partial charge in [0, 0.05) is 19.3 Å². The number of ether oxygens (including phenoxy) is 1. The molecule has 0 bridgehead atoms. The standard InChI is InChI=1S/C18H21N3O2/c1-13-5-6-17(23-2)16(9-13)20-18(22)14-10-15(12-19-11-14)21-7-3-4-8-21/h5-6,9-12H,3-4,7-8H2,1-2H3,(H,20,22). The van der Waals surface area contributed by atoms with Crippen molar-refractivity contribution in [3.05, 3.63) is 47.8 Å². The van der Waals surface area contributed by atoms with Crippen molar-refractivity contribution < 1.29 is 9.53 Å². The Bertz CT molecular complexity index is 709. The van der Waals surface area contributed by atoms with Crippen molar-refractivity contribution >= 4 is 17.3 Å². The molecule has 120 valence electrons. The molecule has 0 radical (unpaired) electrons. The molecule has 0 saturated carbocycles. The van der Waals surface area contributed by atoms with Gasteiger partial charge in [0.1, 0.15) is 5.75 Å². The number of carbonyl (C=O) groups excluding carboxylic acids is 1. The first-order chi connectivity index (χ1) is 11.2. The molecule has 2 aromatic rings. The van der Waals surface area contributed by atoms with E-state index in [1.807, 2.05) is 37.4 Å². The van der Waals surface area contributed by atoms with Crippen molar-refractivity contribution in [2.45, 2.75) is 19.8 Å². The highest BCUT2D eigenvalue weighted by Crippen LogP contribution is 2.26. The normalized spacial score (nSPS) is 13.9. The minimum absolute atomic E-state index is 0.178. The monoisotopic (exact) mass is 311 g/mol. The van der Waals surface area contributed by atoms with E-state index >= 15 is 0 Å². The number of hydrogen-bond donors (Lipinski definition) is 1. The molecular formula is C18H21N3O2. The van der Waals surface area contributed by atoms with E-state index in [2.05, 4.69) is 15.2 Å². The quantitative estimate of drug-likeness (QED) is 0.941. The number of rotatable bonds is 4. The Morgan fingerprint density at radius 2 is 2.00 bits per heavy atom. The van der Waals surface area contributed by atoms with Gasteiger partial charge in [0.25, 0.3) is 5.91 Å². The molecule has 1 N–H and O–H groups in total. The minimum Gasteiger partial charge on any atom is -0.495 e. The largest absolute Gasteiger partial charge is 0.495 e. The van der Waals surface area contributed by atoms with Crippen LogP contribution in [0.2, 0.25) is 0 Å². The number of pyridine rings is 1. The van der Waals surface area contributed by atoms with Crippen molar-refractivity contribution in [2.24, 2.45) is 0 Å². The van der Waals surface area contributed by atoms with Gasteiger partial charge in [0.05, 0.1) is 30.2 Å². The first kappa shape index (κ1) is 15.3. The summed E-state index contributed by atoms with van der Waals surface area (Å²) in [5, 5.41) is 2.91. The number of anilines is 2. The van der Waals surface area contributed by atoms with Crippen molar-refractivity contribution in [2.75, 3.05) is 30.4 Å². The molecule has 5 nitrogen and oxygen atoms in total. The first-order valence-corrected chi connectivity index (χ1v) is 7.83. The highest BCUT2D eigenvalue weighted by molar-refractivity contribution is 6.05. The number of amides is 1. The number of carbonyl (C=O) groups is 1. The van der Waals surface area contributed by atoms with Gasteiger partial charge in [-0.1, -0.05) is 6.07 Å². The second-order valence-electron chi connectivity index (χ2n) is 5.78. The second kappa shape index (κ2) is 6.69. The van der Waals surface area contributed by atoms with Crippen molar-refractivity contribution in [1.29, 1.82) is 0 Å². The van der Waals surface area contributed by atoms with E-state index < -0.39 is 0 Å². The van der Waals surface area contributed by atoms with E-state index in [1.165, 1.54) is 12.8 Å². The first-order valence-electron chi connectivity index (χ1n) is 7.83. The highest BCUT2D eigenvalue weighted by Gasteiger charge is 2.15. The van der Waals surface area contributed by atoms with Crippen LogP contribution < -0.4 is 15.0 Å². The number of aromatic nitrogens is 1. The number of benzene rings is 1. The van der Waals surface area contributed by atoms with Crippen LogP contribution in [0.15, 0.2) is 36.7 Å². The van der Waals surface area contributed by atoms with E-state index in [0.29, 0.717) is 17.0 Å². The predicted molar refractivity (Wildman–Crippen MR) is 91.4 cm³/mol. The Kier molecular flexibility index (Phi) is 4.46. The SMILES string of the molecule is COc1ccc(C)cc1NC(=O)c1cncc(N2CCCC2)c1. The van der Waals surface area contributed by atoms with E-state index in [9.17, 15) is 4.79 Å². The molecule has 0 spiro atoms. The molecule has 23 heavy (non-hydrogen) atoms. The Labute approximate surface area is 136 Å². The molecular weight excluding hydrogens is 290 g/mol. The molecule has 2 heterocycles. The molecule has 1 amide bonds. The topological polar surface area (TPSA) is 54.5 Å². The summed E-state index contributed by atoms with van der Waals surface area (Å²) >= 11 is 0. The zero-order chi connectivity index (χ0) is 16.2. The van der Waals surface area contributed by atoms with Gasteiger partial charge in [-0.2, -0.15) is 0 Å². The summed E-state index contributed by atoms with van der Waals surface area (Å²) in [5.41, 5.74) is 3.29. The average Bonchev–Trinajstić information content (AvgIpc) is 3.10. The maximum Gasteiger partial charge on any atom is 0.257 e. The van der Waals surface area contributed by atoms with Crippen LogP contribution >= 0.6 is 0 Å². The third kappa shape index (κ3) is 3.44. The summed E-state index contributed by atoms with van der Waals surface area (Å²) in [6.07, 6.45) is 5.79. The zero-order valence-corrected chi connectivity index (χ0v) is 13.5. The summed E-state index contributed by atoms with van der Waals surface area (Å²) in [6.45, 7) is 4.03. The maximum absolute atomic E-state index is 12.5. The molecule has 1 aromatic heterocycles. The van der Waals surface area contributed by atoms with Crippen LogP contribution in [-0.4, -0.2) is 31.1 Å². The molecule has 1 aliphatic rings. The van der Waals surface area contributed by atoms with Crippen LogP contribution in [-0.2, 0) is 0 Å². The predicted octanol–water partition coefficient (Wildman–Crippen LogP) is 3.25. The number of aryl methyl sites for hydroxylation is 1. The van der Waals surface area contributed by atoms with Gasteiger partial charge < -0.3 is 15.0 Å². The lowest BCUT2D eigenvalue weighted by Gasteiger charge is -2.17. The fourth-order valence-electron chi connectivity index (χ4n) is 2.81. The number of nitrogens with zero attached hydrogens (tertiary/aromatic N) is 2. The Morgan fingerprint density at radius 3 is 2.74 bits per heavy atom. The van der Waals surface area contributed by atoms with Crippen molar-refractivity contribution in [3.63, 3.8) is 0 Å². The molecule has 0 unspecified atom stereocenters.